The molecule has 0 saturated carbocycles. The molecule has 0 radical (unpaired) electrons. The van der Waals surface area contributed by atoms with E-state index in [0.29, 0.717) is 19.8 Å². The third-order valence-corrected chi connectivity index (χ3v) is 5.02. The van der Waals surface area contributed by atoms with Gasteiger partial charge in [-0.2, -0.15) is 4.31 Å². The average molecular weight is 293 g/mol. The number of morpholine rings is 1. The molecule has 0 amide bonds. The second-order valence-corrected chi connectivity index (χ2v) is 6.35. The van der Waals surface area contributed by atoms with Crippen LogP contribution in [0.4, 0.5) is 0 Å². The van der Waals surface area contributed by atoms with Crippen molar-refractivity contribution in [1.82, 2.24) is 9.29 Å². The summed E-state index contributed by atoms with van der Waals surface area (Å²) in [4.78, 5) is 13.4. The number of H-pyrrole nitrogens is 1. The number of rotatable bonds is 2. The Hall–Kier alpha value is -0.890. The summed E-state index contributed by atoms with van der Waals surface area (Å²) >= 11 is 5.64. The van der Waals surface area contributed by atoms with Crippen molar-refractivity contribution < 1.29 is 13.2 Å². The molecule has 1 atom stereocenters. The molecule has 2 rings (SSSR count). The summed E-state index contributed by atoms with van der Waals surface area (Å²) in [6.45, 7) is 2.78. The predicted octanol–water partition coefficient (Wildman–Crippen LogP) is 0.438. The van der Waals surface area contributed by atoms with Crippen LogP contribution in [0.5, 0.6) is 0 Å². The number of aromatic nitrogens is 1. The lowest BCUT2D eigenvalue weighted by atomic mass is 10.3. The Bertz CT molecular complexity index is 598. The highest BCUT2D eigenvalue weighted by Crippen LogP contribution is 2.20. The summed E-state index contributed by atoms with van der Waals surface area (Å²) in [6, 6.07) is 0.923. The third kappa shape index (κ3) is 2.44. The van der Waals surface area contributed by atoms with E-state index in [1.807, 2.05) is 0 Å². The molecule has 0 aromatic carbocycles. The van der Waals surface area contributed by atoms with Gasteiger partial charge in [-0.05, 0) is 13.0 Å². The second-order valence-electron chi connectivity index (χ2n) is 4.05. The molecule has 1 N–H and O–H groups in total. The van der Waals surface area contributed by atoms with Crippen LogP contribution < -0.4 is 5.56 Å². The van der Waals surface area contributed by atoms with Gasteiger partial charge in [0.2, 0.25) is 10.0 Å². The zero-order chi connectivity index (χ0) is 13.3. The Labute approximate surface area is 110 Å². The first-order valence-corrected chi connectivity index (χ1v) is 7.22. The molecular formula is C10H13ClN2O4S. The van der Waals surface area contributed by atoms with Crippen LogP contribution in [-0.4, -0.2) is 43.5 Å². The Morgan fingerprint density at radius 3 is 2.89 bits per heavy atom. The maximum absolute atomic E-state index is 12.4. The molecule has 8 heteroatoms. The largest absolute Gasteiger partial charge is 0.378 e. The van der Waals surface area contributed by atoms with Crippen molar-refractivity contribution in [3.63, 3.8) is 0 Å². The van der Waals surface area contributed by atoms with Crippen LogP contribution in [0.15, 0.2) is 22.0 Å². The van der Waals surface area contributed by atoms with Crippen molar-refractivity contribution in [3.8, 4) is 0 Å². The number of nitrogens with zero attached hydrogens (tertiary/aromatic N) is 1. The molecule has 1 fully saturated rings. The van der Waals surface area contributed by atoms with Crippen molar-refractivity contribution in [2.24, 2.45) is 0 Å². The fourth-order valence-electron chi connectivity index (χ4n) is 1.79. The van der Waals surface area contributed by atoms with Crippen LogP contribution in [0, 0.1) is 0 Å². The van der Waals surface area contributed by atoms with E-state index < -0.39 is 15.6 Å². The van der Waals surface area contributed by atoms with Gasteiger partial charge in [0.25, 0.3) is 5.56 Å². The minimum atomic E-state index is -3.65. The molecule has 0 aliphatic carbocycles. The van der Waals surface area contributed by atoms with E-state index in [2.05, 4.69) is 4.98 Å². The van der Waals surface area contributed by atoms with Gasteiger partial charge in [0, 0.05) is 18.8 Å². The number of pyridine rings is 1. The molecule has 0 spiro atoms. The van der Waals surface area contributed by atoms with E-state index in [-0.39, 0.29) is 16.0 Å². The highest BCUT2D eigenvalue weighted by molar-refractivity contribution is 7.89. The summed E-state index contributed by atoms with van der Waals surface area (Å²) in [5.74, 6) is 0. The SMILES string of the molecule is CC1COCCN1S(=O)(=O)c1c[nH]c(=O)c(Cl)c1. The normalized spacial score (nSPS) is 22.0. The van der Waals surface area contributed by atoms with Crippen molar-refractivity contribution in [2.45, 2.75) is 17.9 Å². The number of aromatic amines is 1. The average Bonchev–Trinajstić information content (AvgIpc) is 2.33. The van der Waals surface area contributed by atoms with E-state index in [4.69, 9.17) is 16.3 Å². The number of hydrogen-bond acceptors (Lipinski definition) is 4. The summed E-state index contributed by atoms with van der Waals surface area (Å²) in [7, 11) is -3.65. The molecule has 1 aromatic heterocycles. The van der Waals surface area contributed by atoms with Crippen LogP contribution in [0.3, 0.4) is 0 Å². The molecular weight excluding hydrogens is 280 g/mol. The zero-order valence-electron chi connectivity index (χ0n) is 9.72. The number of sulfonamides is 1. The molecule has 1 aromatic rings. The summed E-state index contributed by atoms with van der Waals surface area (Å²) in [5.41, 5.74) is -0.509. The Morgan fingerprint density at radius 2 is 2.28 bits per heavy atom. The van der Waals surface area contributed by atoms with Gasteiger partial charge in [-0.3, -0.25) is 4.79 Å². The van der Waals surface area contributed by atoms with Crippen LogP contribution in [0.1, 0.15) is 6.92 Å². The van der Waals surface area contributed by atoms with Crippen LogP contribution in [-0.2, 0) is 14.8 Å². The lowest BCUT2D eigenvalue weighted by Crippen LogP contribution is -2.47. The molecule has 100 valence electrons. The summed E-state index contributed by atoms with van der Waals surface area (Å²) in [5, 5.41) is -0.142. The maximum atomic E-state index is 12.4. The Balaban J connectivity index is 2.41. The molecule has 2 heterocycles. The standard InChI is InChI=1S/C10H13ClN2O4S/c1-7-6-17-3-2-13(7)18(15,16)8-4-9(11)10(14)12-5-8/h4-5,7H,2-3,6H2,1H3,(H,12,14). The van der Waals surface area contributed by atoms with Gasteiger partial charge >= 0.3 is 0 Å². The molecule has 1 saturated heterocycles. The highest BCUT2D eigenvalue weighted by atomic mass is 35.5. The van der Waals surface area contributed by atoms with Gasteiger partial charge in [-0.15, -0.1) is 0 Å². The smallest absolute Gasteiger partial charge is 0.266 e. The molecule has 1 unspecified atom stereocenters. The summed E-state index contributed by atoms with van der Waals surface area (Å²) < 4.78 is 31.2. The van der Waals surface area contributed by atoms with Crippen molar-refractivity contribution in [3.05, 3.63) is 27.6 Å². The van der Waals surface area contributed by atoms with Crippen LogP contribution >= 0.6 is 11.6 Å². The Morgan fingerprint density at radius 1 is 1.56 bits per heavy atom. The van der Waals surface area contributed by atoms with Crippen molar-refractivity contribution in [2.75, 3.05) is 19.8 Å². The molecule has 0 bridgehead atoms. The lowest BCUT2D eigenvalue weighted by Gasteiger charge is -2.32. The minimum absolute atomic E-state index is 0.0131. The van der Waals surface area contributed by atoms with E-state index in [0.717, 1.165) is 12.3 Å². The Kier molecular flexibility index (Phi) is 3.76. The highest BCUT2D eigenvalue weighted by Gasteiger charge is 2.31. The zero-order valence-corrected chi connectivity index (χ0v) is 11.3. The van der Waals surface area contributed by atoms with E-state index in [1.165, 1.54) is 4.31 Å². The van der Waals surface area contributed by atoms with E-state index in [9.17, 15) is 13.2 Å². The lowest BCUT2D eigenvalue weighted by molar-refractivity contribution is 0.0392. The monoisotopic (exact) mass is 292 g/mol. The van der Waals surface area contributed by atoms with Crippen molar-refractivity contribution >= 4 is 21.6 Å². The van der Waals surface area contributed by atoms with Gasteiger partial charge in [0.15, 0.2) is 0 Å². The van der Waals surface area contributed by atoms with Gasteiger partial charge in [-0.1, -0.05) is 11.6 Å². The predicted molar refractivity (Wildman–Crippen MR) is 66.2 cm³/mol. The number of halogens is 1. The first-order valence-electron chi connectivity index (χ1n) is 5.41. The topological polar surface area (TPSA) is 79.5 Å². The van der Waals surface area contributed by atoms with Crippen LogP contribution in [0.25, 0.3) is 0 Å². The first-order chi connectivity index (χ1) is 8.43. The van der Waals surface area contributed by atoms with Gasteiger partial charge in [0.1, 0.15) is 5.02 Å². The fraction of sp³-hybridized carbons (Fsp3) is 0.500. The quantitative estimate of drug-likeness (QED) is 0.858. The third-order valence-electron chi connectivity index (χ3n) is 2.74. The molecule has 6 nitrogen and oxygen atoms in total. The molecule has 1 aliphatic heterocycles. The van der Waals surface area contributed by atoms with E-state index in [1.54, 1.807) is 6.92 Å². The van der Waals surface area contributed by atoms with Gasteiger partial charge in [0.05, 0.1) is 18.1 Å². The van der Waals surface area contributed by atoms with Gasteiger partial charge < -0.3 is 9.72 Å². The maximum Gasteiger partial charge on any atom is 0.266 e. The van der Waals surface area contributed by atoms with Crippen molar-refractivity contribution in [1.29, 1.82) is 0 Å². The minimum Gasteiger partial charge on any atom is -0.378 e. The number of hydrogen-bond donors (Lipinski definition) is 1. The molecule has 18 heavy (non-hydrogen) atoms. The van der Waals surface area contributed by atoms with Crippen LogP contribution in [0.2, 0.25) is 5.02 Å². The van der Waals surface area contributed by atoms with Gasteiger partial charge in [-0.25, -0.2) is 8.42 Å². The number of ether oxygens (including phenoxy) is 1. The first kappa shape index (κ1) is 13.5. The van der Waals surface area contributed by atoms with E-state index >= 15 is 0 Å². The molecule has 1 aliphatic rings. The summed E-state index contributed by atoms with van der Waals surface area (Å²) in [6.07, 6.45) is 1.16. The number of nitrogens with one attached hydrogen (secondary N) is 1. The second kappa shape index (κ2) is 5.00. The fourth-order valence-corrected chi connectivity index (χ4v) is 3.62.